The molecular formula is C17H16. The Morgan fingerprint density at radius 2 is 1.35 bits per heavy atom. The van der Waals surface area contributed by atoms with Crippen LogP contribution in [-0.2, 0) is 0 Å². The molecule has 84 valence electrons. The van der Waals surface area contributed by atoms with E-state index in [0.29, 0.717) is 0 Å². The molecule has 0 bridgehead atoms. The van der Waals surface area contributed by atoms with E-state index < -0.39 is 0 Å². The summed E-state index contributed by atoms with van der Waals surface area (Å²) in [6, 6.07) is 15.5. The first-order valence-corrected chi connectivity index (χ1v) is 6.06. The van der Waals surface area contributed by atoms with E-state index in [2.05, 4.69) is 63.2 Å². The Morgan fingerprint density at radius 3 is 2.18 bits per heavy atom. The largest absolute Gasteiger partial charge is 0.0616 e. The van der Waals surface area contributed by atoms with E-state index in [9.17, 15) is 0 Å². The van der Waals surface area contributed by atoms with Gasteiger partial charge in [0.2, 0.25) is 0 Å². The number of benzene rings is 3. The zero-order valence-corrected chi connectivity index (χ0v) is 10.5. The average Bonchev–Trinajstić information content (AvgIpc) is 2.32. The first kappa shape index (κ1) is 10.3. The minimum absolute atomic E-state index is 1.33. The fourth-order valence-electron chi connectivity index (χ4n) is 2.56. The fourth-order valence-corrected chi connectivity index (χ4v) is 2.56. The molecule has 3 aromatic carbocycles. The lowest BCUT2D eigenvalue weighted by Gasteiger charge is -2.10. The second-order valence-corrected chi connectivity index (χ2v) is 4.88. The molecule has 0 unspecified atom stereocenters. The highest BCUT2D eigenvalue weighted by Crippen LogP contribution is 2.29. The molecule has 0 aliphatic carbocycles. The summed E-state index contributed by atoms with van der Waals surface area (Å²) < 4.78 is 0. The van der Waals surface area contributed by atoms with Gasteiger partial charge in [0, 0.05) is 0 Å². The predicted octanol–water partition coefficient (Wildman–Crippen LogP) is 4.92. The van der Waals surface area contributed by atoms with Gasteiger partial charge in [-0.3, -0.25) is 0 Å². The smallest absolute Gasteiger partial charge is 0.0145 e. The third kappa shape index (κ3) is 1.52. The molecule has 17 heavy (non-hydrogen) atoms. The van der Waals surface area contributed by atoms with Crippen molar-refractivity contribution in [3.05, 3.63) is 59.2 Å². The van der Waals surface area contributed by atoms with Crippen molar-refractivity contribution in [2.45, 2.75) is 20.8 Å². The van der Waals surface area contributed by atoms with E-state index in [-0.39, 0.29) is 0 Å². The fraction of sp³-hybridized carbons (Fsp3) is 0.176. The molecule has 0 heteroatoms. The van der Waals surface area contributed by atoms with Crippen molar-refractivity contribution in [3.8, 4) is 0 Å². The number of rotatable bonds is 0. The molecule has 0 saturated heterocycles. The van der Waals surface area contributed by atoms with Crippen LogP contribution < -0.4 is 0 Å². The summed E-state index contributed by atoms with van der Waals surface area (Å²) in [6.45, 7) is 6.59. The highest BCUT2D eigenvalue weighted by atomic mass is 14.1. The Labute approximate surface area is 102 Å². The average molecular weight is 220 g/mol. The molecule has 0 amide bonds. The van der Waals surface area contributed by atoms with Crippen molar-refractivity contribution in [2.24, 2.45) is 0 Å². The zero-order valence-electron chi connectivity index (χ0n) is 10.5. The van der Waals surface area contributed by atoms with Crippen LogP contribution in [0.15, 0.2) is 42.5 Å². The normalized spacial score (nSPS) is 11.2. The molecule has 3 rings (SSSR count). The molecule has 3 aromatic rings. The summed E-state index contributed by atoms with van der Waals surface area (Å²) in [6.07, 6.45) is 0. The molecule has 0 aliphatic heterocycles. The van der Waals surface area contributed by atoms with E-state index in [1.54, 1.807) is 0 Å². The number of fused-ring (bicyclic) bond motifs is 2. The van der Waals surface area contributed by atoms with Gasteiger partial charge in [-0.05, 0) is 65.1 Å². The Balaban J connectivity index is 2.55. The van der Waals surface area contributed by atoms with Gasteiger partial charge in [0.25, 0.3) is 0 Å². The molecule has 0 fully saturated rings. The number of hydrogen-bond donors (Lipinski definition) is 0. The maximum atomic E-state index is 2.31. The van der Waals surface area contributed by atoms with E-state index in [4.69, 9.17) is 0 Å². The standard InChI is InChI=1S/C17H16/c1-11-8-15-10-14-6-4-5-7-16(14)13(3)17(15)9-12(11)2/h4-10H,1-3H3. The van der Waals surface area contributed by atoms with Crippen LogP contribution >= 0.6 is 0 Å². The zero-order chi connectivity index (χ0) is 12.0. The summed E-state index contributed by atoms with van der Waals surface area (Å²) in [4.78, 5) is 0. The van der Waals surface area contributed by atoms with Gasteiger partial charge in [-0.1, -0.05) is 36.4 Å². The molecule has 0 heterocycles. The Bertz CT molecular complexity index is 721. The lowest BCUT2D eigenvalue weighted by atomic mass is 9.95. The van der Waals surface area contributed by atoms with Crippen LogP contribution in [0, 0.1) is 20.8 Å². The second kappa shape index (κ2) is 3.59. The van der Waals surface area contributed by atoms with Crippen LogP contribution in [0.3, 0.4) is 0 Å². The summed E-state index contributed by atoms with van der Waals surface area (Å²) in [7, 11) is 0. The summed E-state index contributed by atoms with van der Waals surface area (Å²) in [5, 5.41) is 5.43. The molecule has 0 aromatic heterocycles. The van der Waals surface area contributed by atoms with Gasteiger partial charge in [-0.15, -0.1) is 0 Å². The molecule has 0 N–H and O–H groups in total. The molecule has 0 nitrogen and oxygen atoms in total. The quantitative estimate of drug-likeness (QED) is 0.472. The maximum Gasteiger partial charge on any atom is -0.0145 e. The molecular weight excluding hydrogens is 204 g/mol. The van der Waals surface area contributed by atoms with Crippen molar-refractivity contribution < 1.29 is 0 Å². The third-order valence-electron chi connectivity index (χ3n) is 3.75. The topological polar surface area (TPSA) is 0 Å². The first-order valence-electron chi connectivity index (χ1n) is 6.06. The monoisotopic (exact) mass is 220 g/mol. The van der Waals surface area contributed by atoms with Gasteiger partial charge >= 0.3 is 0 Å². The minimum atomic E-state index is 1.33. The van der Waals surface area contributed by atoms with Gasteiger partial charge in [0.1, 0.15) is 0 Å². The van der Waals surface area contributed by atoms with Crippen molar-refractivity contribution in [2.75, 3.05) is 0 Å². The van der Waals surface area contributed by atoms with Crippen molar-refractivity contribution in [3.63, 3.8) is 0 Å². The van der Waals surface area contributed by atoms with E-state index in [1.165, 1.54) is 38.2 Å². The molecule has 0 aliphatic rings. The Morgan fingerprint density at radius 1 is 0.647 bits per heavy atom. The van der Waals surface area contributed by atoms with E-state index in [1.807, 2.05) is 0 Å². The van der Waals surface area contributed by atoms with Gasteiger partial charge < -0.3 is 0 Å². The first-order chi connectivity index (χ1) is 8.16. The van der Waals surface area contributed by atoms with Gasteiger partial charge in [-0.2, -0.15) is 0 Å². The second-order valence-electron chi connectivity index (χ2n) is 4.88. The SMILES string of the molecule is Cc1cc2cc3ccccc3c(C)c2cc1C. The van der Waals surface area contributed by atoms with Crippen LogP contribution in [0.5, 0.6) is 0 Å². The summed E-state index contributed by atoms with van der Waals surface area (Å²) in [5.74, 6) is 0. The van der Waals surface area contributed by atoms with Crippen LogP contribution in [0.25, 0.3) is 21.5 Å². The number of aryl methyl sites for hydroxylation is 3. The van der Waals surface area contributed by atoms with Gasteiger partial charge in [0.05, 0.1) is 0 Å². The van der Waals surface area contributed by atoms with E-state index >= 15 is 0 Å². The van der Waals surface area contributed by atoms with Crippen LogP contribution in [0.4, 0.5) is 0 Å². The van der Waals surface area contributed by atoms with Crippen LogP contribution in [0.2, 0.25) is 0 Å². The van der Waals surface area contributed by atoms with Crippen molar-refractivity contribution >= 4 is 21.5 Å². The molecule has 0 radical (unpaired) electrons. The highest BCUT2D eigenvalue weighted by molar-refractivity contribution is 6.02. The highest BCUT2D eigenvalue weighted by Gasteiger charge is 2.05. The Hall–Kier alpha value is -1.82. The molecule has 0 atom stereocenters. The summed E-state index contributed by atoms with van der Waals surface area (Å²) >= 11 is 0. The van der Waals surface area contributed by atoms with Crippen molar-refractivity contribution in [1.82, 2.24) is 0 Å². The number of hydrogen-bond acceptors (Lipinski definition) is 0. The predicted molar refractivity (Wildman–Crippen MR) is 75.7 cm³/mol. The third-order valence-corrected chi connectivity index (χ3v) is 3.75. The van der Waals surface area contributed by atoms with Crippen molar-refractivity contribution in [1.29, 1.82) is 0 Å². The summed E-state index contributed by atoms with van der Waals surface area (Å²) in [5.41, 5.74) is 4.13. The minimum Gasteiger partial charge on any atom is -0.0616 e. The van der Waals surface area contributed by atoms with E-state index in [0.717, 1.165) is 0 Å². The lowest BCUT2D eigenvalue weighted by Crippen LogP contribution is -1.86. The molecule has 0 spiro atoms. The van der Waals surface area contributed by atoms with Crippen LogP contribution in [-0.4, -0.2) is 0 Å². The Kier molecular flexibility index (Phi) is 2.19. The maximum absolute atomic E-state index is 2.31. The van der Waals surface area contributed by atoms with Crippen LogP contribution in [0.1, 0.15) is 16.7 Å². The molecule has 0 saturated carbocycles. The van der Waals surface area contributed by atoms with Gasteiger partial charge in [-0.25, -0.2) is 0 Å². The lowest BCUT2D eigenvalue weighted by molar-refractivity contribution is 1.36. The van der Waals surface area contributed by atoms with Gasteiger partial charge in [0.15, 0.2) is 0 Å².